The normalized spacial score (nSPS) is 14.1. The fraction of sp³-hybridized carbons (Fsp3) is 0.241. The molecule has 3 aromatic carbocycles. The lowest BCUT2D eigenvalue weighted by molar-refractivity contribution is 0.0342. The zero-order chi connectivity index (χ0) is 23.5. The molecule has 170 valence electrons. The molecule has 0 amide bonds. The first-order valence-electron chi connectivity index (χ1n) is 11.7. The first kappa shape index (κ1) is 22.1. The third kappa shape index (κ3) is 4.65. The maximum absolute atomic E-state index is 9.71. The van der Waals surface area contributed by atoms with Crippen molar-refractivity contribution in [1.29, 1.82) is 5.26 Å². The van der Waals surface area contributed by atoms with Gasteiger partial charge < -0.3 is 10.1 Å². The molecule has 0 spiro atoms. The molecule has 0 aliphatic carbocycles. The van der Waals surface area contributed by atoms with Crippen LogP contribution in [-0.2, 0) is 11.3 Å². The zero-order valence-corrected chi connectivity index (χ0v) is 19.6. The van der Waals surface area contributed by atoms with Gasteiger partial charge in [0, 0.05) is 36.9 Å². The van der Waals surface area contributed by atoms with Gasteiger partial charge in [0.15, 0.2) is 0 Å². The van der Waals surface area contributed by atoms with Gasteiger partial charge in [0.05, 0.1) is 30.0 Å². The standard InChI is InChI=1S/C29H28N4O/c1-20-3-10-27(21(2)15-20)32-29-25(17-30)18-31-28-16-24(8-9-26(28)29)23-6-4-22(5-7-23)19-33-11-13-34-14-12-33/h3-10,15-16,18H,11-14,19H2,1-2H3,(H,31,32). The molecule has 4 aromatic rings. The summed E-state index contributed by atoms with van der Waals surface area (Å²) in [4.78, 5) is 7.02. The average Bonchev–Trinajstić information content (AvgIpc) is 2.86. The van der Waals surface area contributed by atoms with Gasteiger partial charge in [-0.2, -0.15) is 5.26 Å². The van der Waals surface area contributed by atoms with Crippen molar-refractivity contribution in [3.05, 3.63) is 89.1 Å². The van der Waals surface area contributed by atoms with E-state index in [2.05, 4.69) is 95.8 Å². The number of nitriles is 1. The maximum Gasteiger partial charge on any atom is 0.103 e. The Balaban J connectivity index is 1.44. The van der Waals surface area contributed by atoms with Gasteiger partial charge in [0.25, 0.3) is 0 Å². The molecule has 1 aliphatic rings. The molecule has 1 aliphatic heterocycles. The number of ether oxygens (including phenoxy) is 1. The quantitative estimate of drug-likeness (QED) is 0.408. The highest BCUT2D eigenvalue weighted by Crippen LogP contribution is 2.33. The predicted octanol–water partition coefficient (Wildman–Crippen LogP) is 5.97. The molecule has 1 N–H and O–H groups in total. The van der Waals surface area contributed by atoms with Crippen molar-refractivity contribution >= 4 is 22.3 Å². The molecular weight excluding hydrogens is 420 g/mol. The van der Waals surface area contributed by atoms with Crippen molar-refractivity contribution in [1.82, 2.24) is 9.88 Å². The summed E-state index contributed by atoms with van der Waals surface area (Å²) in [6.45, 7) is 8.71. The number of nitrogens with zero attached hydrogens (tertiary/aromatic N) is 3. The summed E-state index contributed by atoms with van der Waals surface area (Å²) in [5.74, 6) is 0. The molecule has 1 aromatic heterocycles. The third-order valence-corrected chi connectivity index (χ3v) is 6.43. The van der Waals surface area contributed by atoms with Crippen LogP contribution < -0.4 is 5.32 Å². The average molecular weight is 449 g/mol. The second-order valence-electron chi connectivity index (χ2n) is 8.92. The van der Waals surface area contributed by atoms with Crippen LogP contribution in [0.25, 0.3) is 22.0 Å². The van der Waals surface area contributed by atoms with Crippen LogP contribution in [0.4, 0.5) is 11.4 Å². The van der Waals surface area contributed by atoms with Crippen molar-refractivity contribution in [2.75, 3.05) is 31.6 Å². The van der Waals surface area contributed by atoms with Crippen molar-refractivity contribution in [2.24, 2.45) is 0 Å². The summed E-state index contributed by atoms with van der Waals surface area (Å²) in [5, 5.41) is 14.1. The van der Waals surface area contributed by atoms with Crippen molar-refractivity contribution < 1.29 is 4.74 Å². The SMILES string of the molecule is Cc1ccc(Nc2c(C#N)cnc3cc(-c4ccc(CN5CCOCC5)cc4)ccc23)c(C)c1. The monoisotopic (exact) mass is 448 g/mol. The summed E-state index contributed by atoms with van der Waals surface area (Å²) >= 11 is 0. The van der Waals surface area contributed by atoms with E-state index in [4.69, 9.17) is 4.74 Å². The van der Waals surface area contributed by atoms with E-state index in [-0.39, 0.29) is 0 Å². The highest BCUT2D eigenvalue weighted by atomic mass is 16.5. The van der Waals surface area contributed by atoms with Crippen LogP contribution >= 0.6 is 0 Å². The summed E-state index contributed by atoms with van der Waals surface area (Å²) < 4.78 is 5.45. The number of pyridine rings is 1. The lowest BCUT2D eigenvalue weighted by atomic mass is 10.0. The Morgan fingerprint density at radius 2 is 1.74 bits per heavy atom. The smallest absolute Gasteiger partial charge is 0.103 e. The number of fused-ring (bicyclic) bond motifs is 1. The fourth-order valence-electron chi connectivity index (χ4n) is 4.50. The van der Waals surface area contributed by atoms with Crippen LogP contribution in [0, 0.1) is 25.2 Å². The van der Waals surface area contributed by atoms with E-state index in [1.807, 2.05) is 0 Å². The van der Waals surface area contributed by atoms with Gasteiger partial charge in [-0.1, -0.05) is 54.1 Å². The first-order valence-corrected chi connectivity index (χ1v) is 11.7. The molecule has 0 bridgehead atoms. The summed E-state index contributed by atoms with van der Waals surface area (Å²) in [6.07, 6.45) is 1.66. The zero-order valence-electron chi connectivity index (χ0n) is 19.6. The lowest BCUT2D eigenvalue weighted by Crippen LogP contribution is -2.35. The Hall–Kier alpha value is -3.72. The van der Waals surface area contributed by atoms with E-state index in [1.54, 1.807) is 6.20 Å². The number of benzene rings is 3. The maximum atomic E-state index is 9.71. The summed E-state index contributed by atoms with van der Waals surface area (Å²) in [5.41, 5.74) is 9.12. The lowest BCUT2D eigenvalue weighted by Gasteiger charge is -2.26. The molecule has 0 radical (unpaired) electrons. The molecule has 2 heterocycles. The molecule has 34 heavy (non-hydrogen) atoms. The number of hydrogen-bond acceptors (Lipinski definition) is 5. The summed E-state index contributed by atoms with van der Waals surface area (Å²) in [6, 6.07) is 23.6. The van der Waals surface area contributed by atoms with E-state index < -0.39 is 0 Å². The molecule has 0 atom stereocenters. The number of aromatic nitrogens is 1. The van der Waals surface area contributed by atoms with E-state index in [9.17, 15) is 5.26 Å². The van der Waals surface area contributed by atoms with E-state index >= 15 is 0 Å². The minimum Gasteiger partial charge on any atom is -0.379 e. The van der Waals surface area contributed by atoms with E-state index in [1.165, 1.54) is 11.1 Å². The molecule has 1 saturated heterocycles. The Bertz CT molecular complexity index is 1370. The van der Waals surface area contributed by atoms with E-state index in [0.717, 1.165) is 71.8 Å². The number of morpholine rings is 1. The number of anilines is 2. The van der Waals surface area contributed by atoms with Gasteiger partial charge >= 0.3 is 0 Å². The predicted molar refractivity (Wildman–Crippen MR) is 137 cm³/mol. The molecule has 5 nitrogen and oxygen atoms in total. The van der Waals surface area contributed by atoms with Gasteiger partial charge in [-0.05, 0) is 48.2 Å². The summed E-state index contributed by atoms with van der Waals surface area (Å²) in [7, 11) is 0. The number of aryl methyl sites for hydroxylation is 2. The van der Waals surface area contributed by atoms with Gasteiger partial charge in [-0.25, -0.2) is 0 Å². The van der Waals surface area contributed by atoms with Gasteiger partial charge in [-0.3, -0.25) is 9.88 Å². The first-order chi connectivity index (χ1) is 16.6. The largest absolute Gasteiger partial charge is 0.379 e. The minimum absolute atomic E-state index is 0.535. The number of nitrogens with one attached hydrogen (secondary N) is 1. The number of hydrogen-bond donors (Lipinski definition) is 1. The van der Waals surface area contributed by atoms with Crippen LogP contribution in [0.3, 0.4) is 0 Å². The molecule has 5 rings (SSSR count). The second-order valence-corrected chi connectivity index (χ2v) is 8.92. The molecule has 0 saturated carbocycles. The van der Waals surface area contributed by atoms with Crippen molar-refractivity contribution in [3.63, 3.8) is 0 Å². The Morgan fingerprint density at radius 1 is 0.971 bits per heavy atom. The van der Waals surface area contributed by atoms with Gasteiger partial charge in [0.1, 0.15) is 6.07 Å². The minimum atomic E-state index is 0.535. The molecule has 0 unspecified atom stereocenters. The van der Waals surface area contributed by atoms with Crippen molar-refractivity contribution in [2.45, 2.75) is 20.4 Å². The Kier molecular flexibility index (Phi) is 6.27. The highest BCUT2D eigenvalue weighted by molar-refractivity contribution is 5.97. The fourth-order valence-corrected chi connectivity index (χ4v) is 4.50. The third-order valence-electron chi connectivity index (χ3n) is 6.43. The van der Waals surface area contributed by atoms with Crippen LogP contribution in [0.5, 0.6) is 0 Å². The van der Waals surface area contributed by atoms with Gasteiger partial charge in [0.2, 0.25) is 0 Å². The van der Waals surface area contributed by atoms with E-state index in [0.29, 0.717) is 5.56 Å². The topological polar surface area (TPSA) is 61.2 Å². The van der Waals surface area contributed by atoms with Crippen molar-refractivity contribution in [3.8, 4) is 17.2 Å². The van der Waals surface area contributed by atoms with Crippen LogP contribution in [-0.4, -0.2) is 36.2 Å². The Morgan fingerprint density at radius 3 is 2.47 bits per heavy atom. The number of rotatable bonds is 5. The van der Waals surface area contributed by atoms with Crippen LogP contribution in [0.15, 0.2) is 66.9 Å². The van der Waals surface area contributed by atoms with Crippen LogP contribution in [0.1, 0.15) is 22.3 Å². The second kappa shape index (κ2) is 9.64. The Labute approximate surface area is 200 Å². The molecular formula is C29H28N4O. The highest BCUT2D eigenvalue weighted by Gasteiger charge is 2.13. The van der Waals surface area contributed by atoms with Gasteiger partial charge in [-0.15, -0.1) is 0 Å². The van der Waals surface area contributed by atoms with Crippen LogP contribution in [0.2, 0.25) is 0 Å². The molecule has 5 heteroatoms. The molecule has 1 fully saturated rings.